The molecule has 1 aromatic carbocycles. The molecule has 0 aliphatic carbocycles. The lowest BCUT2D eigenvalue weighted by molar-refractivity contribution is 0.100. The first-order chi connectivity index (χ1) is 6.09. The molecule has 0 bridgehead atoms. The summed E-state index contributed by atoms with van der Waals surface area (Å²) < 4.78 is 12.4. The van der Waals surface area contributed by atoms with E-state index in [0.29, 0.717) is 0 Å². The van der Waals surface area contributed by atoms with E-state index in [1.54, 1.807) is 0 Å². The lowest BCUT2D eigenvalue weighted by atomic mass is 10.2. The third kappa shape index (κ3) is 2.55. The first kappa shape index (κ1) is 9.18. The van der Waals surface area contributed by atoms with E-state index in [-0.39, 0.29) is 11.5 Å². The van der Waals surface area contributed by atoms with E-state index < -0.39 is 11.7 Å². The molecule has 5 heteroatoms. The first-order valence-corrected chi connectivity index (χ1v) is 3.49. The first-order valence-electron chi connectivity index (χ1n) is 3.49. The number of amides is 1. The standard InChI is InChI=1S/C8H8FN3O/c9-6-3-1-5(2-4-6)7(13)12-8(10)11/h1-4H,(H4,10,11,12,13). The zero-order valence-electron chi connectivity index (χ0n) is 6.70. The Balaban J connectivity index is 2.90. The van der Waals surface area contributed by atoms with Crippen LogP contribution in [0.3, 0.4) is 0 Å². The normalized spacial score (nSPS) is 9.31. The van der Waals surface area contributed by atoms with Gasteiger partial charge in [0.25, 0.3) is 5.91 Å². The van der Waals surface area contributed by atoms with Crippen molar-refractivity contribution in [3.05, 3.63) is 35.6 Å². The van der Waals surface area contributed by atoms with Crippen molar-refractivity contribution < 1.29 is 9.18 Å². The summed E-state index contributed by atoms with van der Waals surface area (Å²) in [6.45, 7) is 0. The second-order valence-corrected chi connectivity index (χ2v) is 2.35. The summed E-state index contributed by atoms with van der Waals surface area (Å²) in [5.74, 6) is -1.31. The largest absolute Gasteiger partial charge is 0.370 e. The van der Waals surface area contributed by atoms with E-state index in [0.717, 1.165) is 12.1 Å². The van der Waals surface area contributed by atoms with E-state index >= 15 is 0 Å². The van der Waals surface area contributed by atoms with Crippen molar-refractivity contribution in [1.82, 2.24) is 0 Å². The number of hydrogen-bond donors (Lipinski definition) is 2. The van der Waals surface area contributed by atoms with Crippen molar-refractivity contribution in [2.45, 2.75) is 0 Å². The van der Waals surface area contributed by atoms with Crippen LogP contribution < -0.4 is 11.5 Å². The molecular formula is C8H8FN3O. The lowest BCUT2D eigenvalue weighted by Crippen LogP contribution is -2.24. The van der Waals surface area contributed by atoms with Gasteiger partial charge in [-0.05, 0) is 24.3 Å². The molecule has 0 heterocycles. The lowest BCUT2D eigenvalue weighted by Gasteiger charge is -1.94. The number of benzene rings is 1. The number of carbonyl (C=O) groups is 1. The molecule has 0 saturated carbocycles. The summed E-state index contributed by atoms with van der Waals surface area (Å²) in [6, 6.07) is 4.94. The molecule has 1 amide bonds. The minimum Gasteiger partial charge on any atom is -0.370 e. The molecule has 13 heavy (non-hydrogen) atoms. The van der Waals surface area contributed by atoms with E-state index in [2.05, 4.69) is 4.99 Å². The Bertz CT molecular complexity index is 341. The number of rotatable bonds is 1. The van der Waals surface area contributed by atoms with Crippen LogP contribution in [0.1, 0.15) is 10.4 Å². The minimum absolute atomic E-state index is 0.245. The Morgan fingerprint density at radius 2 is 1.77 bits per heavy atom. The maximum Gasteiger partial charge on any atom is 0.280 e. The topological polar surface area (TPSA) is 81.5 Å². The van der Waals surface area contributed by atoms with Crippen LogP contribution >= 0.6 is 0 Å². The van der Waals surface area contributed by atoms with Gasteiger partial charge in [-0.3, -0.25) is 4.79 Å². The van der Waals surface area contributed by atoms with Crippen LogP contribution in [0.5, 0.6) is 0 Å². The van der Waals surface area contributed by atoms with Gasteiger partial charge in [-0.1, -0.05) is 0 Å². The predicted molar refractivity (Wildman–Crippen MR) is 46.5 cm³/mol. The van der Waals surface area contributed by atoms with Gasteiger partial charge in [-0.25, -0.2) is 4.39 Å². The molecule has 1 aromatic rings. The molecule has 68 valence electrons. The average molecular weight is 181 g/mol. The summed E-state index contributed by atoms with van der Waals surface area (Å²) >= 11 is 0. The molecule has 0 aliphatic heterocycles. The Kier molecular flexibility index (Phi) is 2.59. The second kappa shape index (κ2) is 3.66. The Morgan fingerprint density at radius 3 is 2.23 bits per heavy atom. The molecule has 0 fully saturated rings. The van der Waals surface area contributed by atoms with Crippen LogP contribution in [-0.2, 0) is 0 Å². The maximum absolute atomic E-state index is 12.4. The van der Waals surface area contributed by atoms with Crippen LogP contribution in [0, 0.1) is 5.82 Å². The van der Waals surface area contributed by atoms with Gasteiger partial charge in [-0.15, -0.1) is 0 Å². The van der Waals surface area contributed by atoms with Gasteiger partial charge in [0.1, 0.15) is 5.82 Å². The van der Waals surface area contributed by atoms with Gasteiger partial charge in [0.2, 0.25) is 0 Å². The molecule has 1 rings (SSSR count). The molecule has 4 N–H and O–H groups in total. The number of guanidine groups is 1. The molecule has 0 unspecified atom stereocenters. The highest BCUT2D eigenvalue weighted by Gasteiger charge is 2.03. The van der Waals surface area contributed by atoms with Crippen molar-refractivity contribution in [3.8, 4) is 0 Å². The molecule has 0 aliphatic rings. The molecule has 0 aromatic heterocycles. The number of hydrogen-bond acceptors (Lipinski definition) is 1. The van der Waals surface area contributed by atoms with Crippen LogP contribution in [0.2, 0.25) is 0 Å². The average Bonchev–Trinajstić information content (AvgIpc) is 2.04. The number of carbonyl (C=O) groups excluding carboxylic acids is 1. The third-order valence-corrected chi connectivity index (χ3v) is 1.32. The van der Waals surface area contributed by atoms with Crippen molar-refractivity contribution in [2.24, 2.45) is 16.5 Å². The van der Waals surface area contributed by atoms with E-state index in [9.17, 15) is 9.18 Å². The SMILES string of the molecule is NC(N)=NC(=O)c1ccc(F)cc1. The predicted octanol–water partition coefficient (Wildman–Crippen LogP) is 0.239. The number of nitrogens with two attached hydrogens (primary N) is 2. The maximum atomic E-state index is 12.4. The van der Waals surface area contributed by atoms with Crippen molar-refractivity contribution in [2.75, 3.05) is 0 Å². The van der Waals surface area contributed by atoms with Gasteiger partial charge in [0, 0.05) is 5.56 Å². The van der Waals surface area contributed by atoms with Crippen molar-refractivity contribution >= 4 is 11.9 Å². The number of nitrogens with zero attached hydrogens (tertiary/aromatic N) is 1. The molecule has 0 spiro atoms. The highest BCUT2D eigenvalue weighted by molar-refractivity contribution is 6.01. The molecule has 0 radical (unpaired) electrons. The quantitative estimate of drug-likeness (QED) is 0.481. The van der Waals surface area contributed by atoms with Crippen LogP contribution in [0.25, 0.3) is 0 Å². The van der Waals surface area contributed by atoms with E-state index in [4.69, 9.17) is 11.5 Å². The fourth-order valence-corrected chi connectivity index (χ4v) is 0.774. The smallest absolute Gasteiger partial charge is 0.280 e. The summed E-state index contributed by atoms with van der Waals surface area (Å²) in [5.41, 5.74) is 10.2. The summed E-state index contributed by atoms with van der Waals surface area (Å²) in [5, 5.41) is 0. The number of halogens is 1. The van der Waals surface area contributed by atoms with Gasteiger partial charge in [-0.2, -0.15) is 4.99 Å². The molecule has 0 atom stereocenters. The van der Waals surface area contributed by atoms with Crippen LogP contribution in [0.15, 0.2) is 29.3 Å². The minimum atomic E-state index is -0.583. The van der Waals surface area contributed by atoms with Crippen LogP contribution in [-0.4, -0.2) is 11.9 Å². The summed E-state index contributed by atoms with van der Waals surface area (Å²) in [6.07, 6.45) is 0. The highest BCUT2D eigenvalue weighted by atomic mass is 19.1. The Hall–Kier alpha value is -1.91. The van der Waals surface area contributed by atoms with Crippen molar-refractivity contribution in [3.63, 3.8) is 0 Å². The van der Waals surface area contributed by atoms with E-state index in [1.165, 1.54) is 12.1 Å². The molecule has 0 saturated heterocycles. The van der Waals surface area contributed by atoms with Gasteiger partial charge >= 0.3 is 0 Å². The van der Waals surface area contributed by atoms with Crippen LogP contribution in [0.4, 0.5) is 4.39 Å². The van der Waals surface area contributed by atoms with E-state index in [1.807, 2.05) is 0 Å². The summed E-state index contributed by atoms with van der Waals surface area (Å²) in [4.78, 5) is 14.4. The van der Waals surface area contributed by atoms with Gasteiger partial charge < -0.3 is 11.5 Å². The zero-order valence-corrected chi connectivity index (χ0v) is 6.70. The monoisotopic (exact) mass is 181 g/mol. The zero-order chi connectivity index (χ0) is 9.84. The molecular weight excluding hydrogens is 173 g/mol. The molecule has 4 nitrogen and oxygen atoms in total. The fourth-order valence-electron chi connectivity index (χ4n) is 0.774. The summed E-state index contributed by atoms with van der Waals surface area (Å²) in [7, 11) is 0. The van der Waals surface area contributed by atoms with Gasteiger partial charge in [0.15, 0.2) is 5.96 Å². The third-order valence-electron chi connectivity index (χ3n) is 1.32. The Morgan fingerprint density at radius 1 is 1.23 bits per heavy atom. The number of aliphatic imine (C=N–C) groups is 1. The Labute approximate surface area is 74.1 Å². The van der Waals surface area contributed by atoms with Gasteiger partial charge in [0.05, 0.1) is 0 Å². The fraction of sp³-hybridized carbons (Fsp3) is 0. The van der Waals surface area contributed by atoms with Crippen molar-refractivity contribution in [1.29, 1.82) is 0 Å². The highest BCUT2D eigenvalue weighted by Crippen LogP contribution is 2.03. The second-order valence-electron chi connectivity index (χ2n) is 2.35.